The number of hydrogen-bond donors (Lipinski definition) is 1. The molecule has 0 saturated heterocycles. The molecule has 106 valence electrons. The minimum Gasteiger partial charge on any atom is -0.475 e. The van der Waals surface area contributed by atoms with E-state index in [0.717, 1.165) is 4.47 Å². The molecule has 0 bridgehead atoms. The van der Waals surface area contributed by atoms with E-state index in [2.05, 4.69) is 27.3 Å². The lowest BCUT2D eigenvalue weighted by Gasteiger charge is -2.19. The predicted molar refractivity (Wildman–Crippen MR) is 82.7 cm³/mol. The van der Waals surface area contributed by atoms with Crippen molar-refractivity contribution in [3.05, 3.63) is 64.1 Å². The molecule has 4 nitrogen and oxygen atoms in total. The lowest BCUT2D eigenvalue weighted by Crippen LogP contribution is -2.29. The first-order valence-corrected chi connectivity index (χ1v) is 7.08. The van der Waals surface area contributed by atoms with Crippen LogP contribution in [0.3, 0.4) is 0 Å². The molecule has 1 amide bonds. The van der Waals surface area contributed by atoms with Crippen LogP contribution in [0.15, 0.2) is 53.0 Å². The number of carbonyl (C=O) groups excluding carboxylic acids is 1. The van der Waals surface area contributed by atoms with Crippen molar-refractivity contribution in [1.82, 2.24) is 5.32 Å². The van der Waals surface area contributed by atoms with Gasteiger partial charge in [0.25, 0.3) is 5.91 Å². The average molecular weight is 345 g/mol. The molecule has 5 heteroatoms. The van der Waals surface area contributed by atoms with E-state index in [9.17, 15) is 4.79 Å². The van der Waals surface area contributed by atoms with Gasteiger partial charge in [-0.1, -0.05) is 24.3 Å². The Balaban J connectivity index is 2.37. The number of likely N-dealkylation sites (N-methyl/N-ethyl adjacent to an activating group) is 1. The number of halogens is 1. The number of para-hydroxylation sites is 1. The van der Waals surface area contributed by atoms with Crippen molar-refractivity contribution in [2.45, 2.75) is 6.10 Å². The molecule has 0 aliphatic rings. The van der Waals surface area contributed by atoms with Gasteiger partial charge in [-0.3, -0.25) is 4.79 Å². The summed E-state index contributed by atoms with van der Waals surface area (Å²) in [6, 6.07) is 16.2. The Labute approximate surface area is 131 Å². The minimum absolute atomic E-state index is 0.277. The SMILES string of the molecule is CNC(=O)C(Oc1ccccc1Br)c1cccc(C#N)c1. The minimum atomic E-state index is -0.818. The van der Waals surface area contributed by atoms with Crippen LogP contribution < -0.4 is 10.1 Å². The van der Waals surface area contributed by atoms with Crippen molar-refractivity contribution in [3.8, 4) is 11.8 Å². The van der Waals surface area contributed by atoms with Crippen molar-refractivity contribution in [3.63, 3.8) is 0 Å². The van der Waals surface area contributed by atoms with Gasteiger partial charge in [0, 0.05) is 12.6 Å². The predicted octanol–water partition coefficient (Wildman–Crippen LogP) is 3.19. The van der Waals surface area contributed by atoms with Crippen LogP contribution in [0.5, 0.6) is 5.75 Å². The number of ether oxygens (including phenoxy) is 1. The summed E-state index contributed by atoms with van der Waals surface area (Å²) < 4.78 is 6.57. The lowest BCUT2D eigenvalue weighted by atomic mass is 10.1. The first-order valence-electron chi connectivity index (χ1n) is 6.28. The van der Waals surface area contributed by atoms with Gasteiger partial charge in [-0.2, -0.15) is 5.26 Å². The topological polar surface area (TPSA) is 62.1 Å². The largest absolute Gasteiger partial charge is 0.475 e. The Morgan fingerprint density at radius 3 is 2.71 bits per heavy atom. The molecule has 0 aromatic heterocycles. The molecule has 0 fully saturated rings. The third-order valence-electron chi connectivity index (χ3n) is 2.88. The van der Waals surface area contributed by atoms with Crippen LogP contribution in [-0.4, -0.2) is 13.0 Å². The summed E-state index contributed by atoms with van der Waals surface area (Å²) in [4.78, 5) is 12.1. The summed E-state index contributed by atoms with van der Waals surface area (Å²) in [7, 11) is 1.55. The molecule has 1 atom stereocenters. The maximum Gasteiger partial charge on any atom is 0.265 e. The molecule has 2 aromatic rings. The molecule has 0 heterocycles. The summed E-state index contributed by atoms with van der Waals surface area (Å²) in [5.74, 6) is 0.286. The summed E-state index contributed by atoms with van der Waals surface area (Å²) in [5, 5.41) is 11.6. The first-order chi connectivity index (χ1) is 10.2. The Kier molecular flexibility index (Phi) is 4.96. The van der Waals surface area contributed by atoms with Crippen molar-refractivity contribution in [1.29, 1.82) is 5.26 Å². The van der Waals surface area contributed by atoms with Crippen LogP contribution in [0.4, 0.5) is 0 Å². The highest BCUT2D eigenvalue weighted by atomic mass is 79.9. The normalized spacial score (nSPS) is 11.3. The second-order valence-electron chi connectivity index (χ2n) is 4.28. The smallest absolute Gasteiger partial charge is 0.265 e. The summed E-state index contributed by atoms with van der Waals surface area (Å²) >= 11 is 3.39. The average Bonchev–Trinajstić information content (AvgIpc) is 2.53. The van der Waals surface area contributed by atoms with Crippen LogP contribution >= 0.6 is 15.9 Å². The van der Waals surface area contributed by atoms with Crippen molar-refractivity contribution < 1.29 is 9.53 Å². The molecule has 0 saturated carbocycles. The Bertz CT molecular complexity index is 695. The van der Waals surface area contributed by atoms with Crippen LogP contribution in [0.1, 0.15) is 17.2 Å². The highest BCUT2D eigenvalue weighted by Gasteiger charge is 2.22. The van der Waals surface area contributed by atoms with Crippen molar-refractivity contribution in [2.75, 3.05) is 7.05 Å². The van der Waals surface area contributed by atoms with Crippen molar-refractivity contribution >= 4 is 21.8 Å². The number of nitriles is 1. The van der Waals surface area contributed by atoms with Crippen LogP contribution in [-0.2, 0) is 4.79 Å². The molecule has 1 N–H and O–H groups in total. The Hall–Kier alpha value is -2.32. The number of carbonyl (C=O) groups is 1. The first kappa shape index (κ1) is 15.1. The maximum atomic E-state index is 12.1. The van der Waals surface area contributed by atoms with Gasteiger partial charge < -0.3 is 10.1 Å². The quantitative estimate of drug-likeness (QED) is 0.926. The fourth-order valence-corrected chi connectivity index (χ4v) is 2.22. The number of nitrogens with zero attached hydrogens (tertiary/aromatic N) is 1. The Morgan fingerprint density at radius 2 is 2.05 bits per heavy atom. The van der Waals surface area contributed by atoms with E-state index in [4.69, 9.17) is 10.00 Å². The molecule has 21 heavy (non-hydrogen) atoms. The summed E-state index contributed by atoms with van der Waals surface area (Å²) in [6.07, 6.45) is -0.818. The van der Waals surface area contributed by atoms with E-state index in [1.165, 1.54) is 0 Å². The summed E-state index contributed by atoms with van der Waals surface area (Å²) in [6.45, 7) is 0. The highest BCUT2D eigenvalue weighted by molar-refractivity contribution is 9.10. The molecule has 1 unspecified atom stereocenters. The van der Waals surface area contributed by atoms with Crippen molar-refractivity contribution in [2.24, 2.45) is 0 Å². The van der Waals surface area contributed by atoms with E-state index in [0.29, 0.717) is 16.9 Å². The van der Waals surface area contributed by atoms with Crippen LogP contribution in [0, 0.1) is 11.3 Å². The van der Waals surface area contributed by atoms with Gasteiger partial charge in [0.2, 0.25) is 6.10 Å². The molecular formula is C16H13BrN2O2. The molecule has 0 spiro atoms. The maximum absolute atomic E-state index is 12.1. The fraction of sp³-hybridized carbons (Fsp3) is 0.125. The number of amides is 1. The van der Waals surface area contributed by atoms with E-state index >= 15 is 0 Å². The zero-order valence-electron chi connectivity index (χ0n) is 11.3. The van der Waals surface area contributed by atoms with Gasteiger partial charge in [-0.05, 0) is 40.2 Å². The summed E-state index contributed by atoms with van der Waals surface area (Å²) in [5.41, 5.74) is 1.11. The lowest BCUT2D eigenvalue weighted by molar-refractivity contribution is -0.127. The molecule has 0 radical (unpaired) electrons. The van der Waals surface area contributed by atoms with Gasteiger partial charge in [-0.15, -0.1) is 0 Å². The van der Waals surface area contributed by atoms with E-state index in [-0.39, 0.29) is 5.91 Å². The number of benzene rings is 2. The second kappa shape index (κ2) is 6.91. The zero-order chi connectivity index (χ0) is 15.2. The molecule has 0 aliphatic heterocycles. The van der Waals surface area contributed by atoms with E-state index < -0.39 is 6.10 Å². The van der Waals surface area contributed by atoms with Crippen LogP contribution in [0.2, 0.25) is 0 Å². The number of hydrogen-bond acceptors (Lipinski definition) is 3. The van der Waals surface area contributed by atoms with Gasteiger partial charge in [0.05, 0.1) is 16.1 Å². The highest BCUT2D eigenvalue weighted by Crippen LogP contribution is 2.29. The fourth-order valence-electron chi connectivity index (χ4n) is 1.84. The van der Waals surface area contributed by atoms with Gasteiger partial charge in [0.1, 0.15) is 5.75 Å². The Morgan fingerprint density at radius 1 is 1.29 bits per heavy atom. The van der Waals surface area contributed by atoms with Gasteiger partial charge >= 0.3 is 0 Å². The number of nitrogens with one attached hydrogen (secondary N) is 1. The molecule has 0 aliphatic carbocycles. The third-order valence-corrected chi connectivity index (χ3v) is 3.54. The van der Waals surface area contributed by atoms with Gasteiger partial charge in [0.15, 0.2) is 0 Å². The second-order valence-corrected chi connectivity index (χ2v) is 5.13. The van der Waals surface area contributed by atoms with Crippen LogP contribution in [0.25, 0.3) is 0 Å². The monoisotopic (exact) mass is 344 g/mol. The standard InChI is InChI=1S/C16H13BrN2O2/c1-19-16(20)15(12-6-4-5-11(9-12)10-18)21-14-8-3-2-7-13(14)17/h2-9,15H,1H3,(H,19,20). The molecular weight excluding hydrogens is 332 g/mol. The van der Waals surface area contributed by atoms with Gasteiger partial charge in [-0.25, -0.2) is 0 Å². The molecule has 2 aromatic carbocycles. The van der Waals surface area contributed by atoms with E-state index in [1.54, 1.807) is 37.4 Å². The van der Waals surface area contributed by atoms with E-state index in [1.807, 2.05) is 18.2 Å². The molecule has 2 rings (SSSR count). The zero-order valence-corrected chi connectivity index (χ0v) is 12.9. The number of rotatable bonds is 4. The third kappa shape index (κ3) is 3.61.